The van der Waals surface area contributed by atoms with Crippen molar-refractivity contribution >= 4 is 55.1 Å². The normalized spacial score (nSPS) is 10.9. The Morgan fingerprint density at radius 3 is 2.55 bits per heavy atom. The number of halogens is 4. The van der Waals surface area contributed by atoms with E-state index >= 15 is 0 Å². The number of aryl methyl sites for hydroxylation is 2. The number of ether oxygens (including phenoxy) is 1. The summed E-state index contributed by atoms with van der Waals surface area (Å²) in [6.45, 7) is 2.42. The molecule has 0 amide bonds. The summed E-state index contributed by atoms with van der Waals surface area (Å²) in [5, 5.41) is 5.49. The van der Waals surface area contributed by atoms with E-state index in [2.05, 4.69) is 43.9 Å². The van der Waals surface area contributed by atoms with E-state index in [4.69, 9.17) is 27.9 Å². The van der Waals surface area contributed by atoms with Gasteiger partial charge in [0.25, 0.3) is 0 Å². The quantitative estimate of drug-likeness (QED) is 0.593. The summed E-state index contributed by atoms with van der Waals surface area (Å²) in [7, 11) is 1.89. The van der Waals surface area contributed by atoms with Crippen LogP contribution in [0.5, 0.6) is 5.75 Å². The van der Waals surface area contributed by atoms with Crippen LogP contribution < -0.4 is 4.74 Å². The third-order valence-corrected chi connectivity index (χ3v) is 5.25. The van der Waals surface area contributed by atoms with Crippen LogP contribution in [0.3, 0.4) is 0 Å². The summed E-state index contributed by atoms with van der Waals surface area (Å²) in [6, 6.07) is 3.41. The molecule has 0 fully saturated rings. The highest BCUT2D eigenvalue weighted by Crippen LogP contribution is 2.35. The second kappa shape index (κ2) is 6.69. The van der Waals surface area contributed by atoms with Crippen LogP contribution in [0.4, 0.5) is 0 Å². The van der Waals surface area contributed by atoms with Crippen molar-refractivity contribution in [2.75, 3.05) is 0 Å². The van der Waals surface area contributed by atoms with Gasteiger partial charge >= 0.3 is 0 Å². The lowest BCUT2D eigenvalue weighted by Crippen LogP contribution is -2.04. The molecular formula is C13H12Br2Cl2N2O. The van der Waals surface area contributed by atoms with Crippen LogP contribution in [0.2, 0.25) is 10.0 Å². The van der Waals surface area contributed by atoms with Gasteiger partial charge in [0, 0.05) is 17.6 Å². The highest BCUT2D eigenvalue weighted by atomic mass is 79.9. The van der Waals surface area contributed by atoms with Crippen LogP contribution >= 0.6 is 55.1 Å². The molecule has 0 N–H and O–H groups in total. The molecule has 1 heterocycles. The zero-order chi connectivity index (χ0) is 14.9. The van der Waals surface area contributed by atoms with E-state index in [0.29, 0.717) is 22.4 Å². The monoisotopic (exact) mass is 440 g/mol. The Labute approximate surface area is 144 Å². The number of benzene rings is 1. The third-order valence-electron chi connectivity index (χ3n) is 2.84. The van der Waals surface area contributed by atoms with E-state index in [1.54, 1.807) is 16.8 Å². The zero-order valence-electron chi connectivity index (χ0n) is 10.9. The van der Waals surface area contributed by atoms with E-state index in [-0.39, 0.29) is 0 Å². The third kappa shape index (κ3) is 3.32. The molecule has 3 nitrogen and oxygen atoms in total. The summed E-state index contributed by atoms with van der Waals surface area (Å²) >= 11 is 19.0. The fraction of sp³-hybridized carbons (Fsp3) is 0.308. The van der Waals surface area contributed by atoms with Gasteiger partial charge in [0.15, 0.2) is 0 Å². The van der Waals surface area contributed by atoms with Crippen LogP contribution in [0, 0.1) is 0 Å². The van der Waals surface area contributed by atoms with Crippen molar-refractivity contribution in [3.63, 3.8) is 0 Å². The lowest BCUT2D eigenvalue weighted by molar-refractivity contribution is 0.294. The molecule has 0 bridgehead atoms. The van der Waals surface area contributed by atoms with E-state index in [1.165, 1.54) is 0 Å². The highest BCUT2D eigenvalue weighted by Gasteiger charge is 2.14. The first kappa shape index (κ1) is 16.1. The van der Waals surface area contributed by atoms with Crippen molar-refractivity contribution in [1.29, 1.82) is 0 Å². The summed E-state index contributed by atoms with van der Waals surface area (Å²) in [4.78, 5) is 0. The SMILES string of the molecule is CCc1nn(C)c(COc2cc(Cl)c(Br)cc2Cl)c1Br. The van der Waals surface area contributed by atoms with Gasteiger partial charge in [-0.15, -0.1) is 0 Å². The molecule has 1 aromatic carbocycles. The van der Waals surface area contributed by atoms with E-state index in [9.17, 15) is 0 Å². The first-order valence-electron chi connectivity index (χ1n) is 5.91. The van der Waals surface area contributed by atoms with Crippen molar-refractivity contribution in [3.05, 3.63) is 42.5 Å². The molecule has 0 aliphatic rings. The number of aromatic nitrogens is 2. The topological polar surface area (TPSA) is 27.1 Å². The molecule has 0 atom stereocenters. The Morgan fingerprint density at radius 2 is 1.95 bits per heavy atom. The number of nitrogens with zero attached hydrogens (tertiary/aromatic N) is 2. The van der Waals surface area contributed by atoms with Crippen LogP contribution in [0.1, 0.15) is 18.3 Å². The van der Waals surface area contributed by atoms with Crippen LogP contribution in [0.15, 0.2) is 21.1 Å². The summed E-state index contributed by atoms with van der Waals surface area (Å²) in [6.07, 6.45) is 0.860. The van der Waals surface area contributed by atoms with Gasteiger partial charge in [0.2, 0.25) is 0 Å². The molecule has 7 heteroatoms. The zero-order valence-corrected chi connectivity index (χ0v) is 15.6. The Morgan fingerprint density at radius 1 is 1.25 bits per heavy atom. The second-order valence-corrected chi connectivity index (χ2v) is 6.63. The highest BCUT2D eigenvalue weighted by molar-refractivity contribution is 9.10. The summed E-state index contributed by atoms with van der Waals surface area (Å²) in [5.74, 6) is 0.547. The molecule has 108 valence electrons. The average Bonchev–Trinajstić information content (AvgIpc) is 2.67. The minimum absolute atomic E-state index is 0.363. The van der Waals surface area contributed by atoms with Crippen molar-refractivity contribution in [3.8, 4) is 5.75 Å². The van der Waals surface area contributed by atoms with Crippen molar-refractivity contribution < 1.29 is 4.74 Å². The predicted molar refractivity (Wildman–Crippen MR) is 88.8 cm³/mol. The lowest BCUT2D eigenvalue weighted by Gasteiger charge is -2.10. The maximum atomic E-state index is 6.13. The second-order valence-electron chi connectivity index (χ2n) is 4.17. The summed E-state index contributed by atoms with van der Waals surface area (Å²) < 4.78 is 9.27. The van der Waals surface area contributed by atoms with Gasteiger partial charge < -0.3 is 4.74 Å². The van der Waals surface area contributed by atoms with Gasteiger partial charge in [-0.25, -0.2) is 0 Å². The molecule has 0 spiro atoms. The minimum atomic E-state index is 0.363. The van der Waals surface area contributed by atoms with Gasteiger partial charge in [-0.1, -0.05) is 30.1 Å². The van der Waals surface area contributed by atoms with E-state index in [1.807, 2.05) is 7.05 Å². The first-order valence-corrected chi connectivity index (χ1v) is 8.25. The van der Waals surface area contributed by atoms with E-state index < -0.39 is 0 Å². The molecule has 20 heavy (non-hydrogen) atoms. The van der Waals surface area contributed by atoms with Gasteiger partial charge in [-0.3, -0.25) is 4.68 Å². The average molecular weight is 443 g/mol. The lowest BCUT2D eigenvalue weighted by atomic mass is 10.3. The molecule has 0 saturated heterocycles. The first-order chi connectivity index (χ1) is 9.43. The van der Waals surface area contributed by atoms with Crippen molar-refractivity contribution in [1.82, 2.24) is 9.78 Å². The summed E-state index contributed by atoms with van der Waals surface area (Å²) in [5.41, 5.74) is 1.96. The van der Waals surface area contributed by atoms with Gasteiger partial charge in [0.1, 0.15) is 12.4 Å². The molecular weight excluding hydrogens is 431 g/mol. The molecule has 2 rings (SSSR count). The Kier molecular flexibility index (Phi) is 5.40. The minimum Gasteiger partial charge on any atom is -0.486 e. The fourth-order valence-electron chi connectivity index (χ4n) is 1.74. The van der Waals surface area contributed by atoms with Crippen LogP contribution in [0.25, 0.3) is 0 Å². The van der Waals surface area contributed by atoms with Crippen molar-refractivity contribution in [2.24, 2.45) is 7.05 Å². The Balaban J connectivity index is 2.21. The Bertz CT molecular complexity index is 644. The molecule has 0 aliphatic carbocycles. The maximum Gasteiger partial charge on any atom is 0.140 e. The van der Waals surface area contributed by atoms with E-state index in [0.717, 1.165) is 26.8 Å². The molecule has 0 aliphatic heterocycles. The van der Waals surface area contributed by atoms with Gasteiger partial charge in [-0.2, -0.15) is 5.10 Å². The molecule has 0 radical (unpaired) electrons. The van der Waals surface area contributed by atoms with Gasteiger partial charge in [0.05, 0.1) is 25.9 Å². The largest absolute Gasteiger partial charge is 0.486 e. The van der Waals surface area contributed by atoms with Crippen molar-refractivity contribution in [2.45, 2.75) is 20.0 Å². The van der Waals surface area contributed by atoms with Crippen LogP contribution in [-0.2, 0) is 20.1 Å². The maximum absolute atomic E-state index is 6.13. The molecule has 0 saturated carbocycles. The standard InChI is InChI=1S/C13H12Br2Cl2N2O/c1-3-10-13(15)11(19(2)18-10)6-20-12-5-8(16)7(14)4-9(12)17/h4-5H,3,6H2,1-2H3. The molecule has 2 aromatic rings. The smallest absolute Gasteiger partial charge is 0.140 e. The van der Waals surface area contributed by atoms with Gasteiger partial charge in [-0.05, 0) is 44.3 Å². The fourth-order valence-corrected chi connectivity index (χ4v) is 3.32. The molecule has 1 aromatic heterocycles. The Hall–Kier alpha value is -0.230. The van der Waals surface area contributed by atoms with Crippen LogP contribution in [-0.4, -0.2) is 9.78 Å². The molecule has 0 unspecified atom stereocenters. The number of hydrogen-bond donors (Lipinski definition) is 0. The number of hydrogen-bond acceptors (Lipinski definition) is 2. The predicted octanol–water partition coefficient (Wildman–Crippen LogP) is 5.39. The number of rotatable bonds is 4.